The van der Waals surface area contributed by atoms with Gasteiger partial charge in [-0.25, -0.2) is 0 Å². The van der Waals surface area contributed by atoms with Gasteiger partial charge in [-0.2, -0.15) is 0 Å². The fourth-order valence-electron chi connectivity index (χ4n) is 0.855. The van der Waals surface area contributed by atoms with E-state index >= 15 is 0 Å². The summed E-state index contributed by atoms with van der Waals surface area (Å²) in [6, 6.07) is 7.94. The lowest BCUT2D eigenvalue weighted by atomic mass is 10.2. The van der Waals surface area contributed by atoms with Crippen molar-refractivity contribution in [1.82, 2.24) is 0 Å². The van der Waals surface area contributed by atoms with E-state index in [2.05, 4.69) is 11.9 Å². The van der Waals surface area contributed by atoms with Gasteiger partial charge in [0.2, 0.25) is 0 Å². The number of hydrogen-bond donors (Lipinski definition) is 2. The van der Waals surface area contributed by atoms with E-state index in [1.807, 2.05) is 24.3 Å². The molecule has 0 aromatic heterocycles. The van der Waals surface area contributed by atoms with E-state index in [0.717, 1.165) is 11.3 Å². The van der Waals surface area contributed by atoms with Gasteiger partial charge in [0, 0.05) is 12.2 Å². The Hall–Kier alpha value is -1.28. The van der Waals surface area contributed by atoms with Gasteiger partial charge < -0.3 is 11.1 Å². The van der Waals surface area contributed by atoms with Crippen molar-refractivity contribution in [3.63, 3.8) is 0 Å². The SMILES string of the molecule is C=CNc1ccc(CN)cc1. The summed E-state index contributed by atoms with van der Waals surface area (Å²) in [7, 11) is 0. The highest BCUT2D eigenvalue weighted by molar-refractivity contribution is 5.46. The Kier molecular flexibility index (Phi) is 2.69. The summed E-state index contributed by atoms with van der Waals surface area (Å²) in [5.74, 6) is 0. The van der Waals surface area contributed by atoms with Gasteiger partial charge in [-0.15, -0.1) is 0 Å². The van der Waals surface area contributed by atoms with Crippen LogP contribution in [-0.4, -0.2) is 0 Å². The van der Waals surface area contributed by atoms with Crippen LogP contribution in [0, 0.1) is 0 Å². The van der Waals surface area contributed by atoms with Crippen LogP contribution in [0.2, 0.25) is 0 Å². The lowest BCUT2D eigenvalue weighted by Crippen LogP contribution is -1.95. The number of hydrogen-bond acceptors (Lipinski definition) is 2. The minimum absolute atomic E-state index is 0.592. The van der Waals surface area contributed by atoms with E-state index in [1.165, 1.54) is 0 Å². The molecule has 1 aromatic rings. The smallest absolute Gasteiger partial charge is 0.0379 e. The van der Waals surface area contributed by atoms with E-state index in [4.69, 9.17) is 5.73 Å². The molecule has 2 heteroatoms. The molecule has 0 radical (unpaired) electrons. The van der Waals surface area contributed by atoms with Crippen LogP contribution in [0.4, 0.5) is 5.69 Å². The zero-order valence-corrected chi connectivity index (χ0v) is 6.38. The van der Waals surface area contributed by atoms with E-state index in [-0.39, 0.29) is 0 Å². The summed E-state index contributed by atoms with van der Waals surface area (Å²) in [6.07, 6.45) is 1.65. The summed E-state index contributed by atoms with van der Waals surface area (Å²) in [6.45, 7) is 4.15. The van der Waals surface area contributed by atoms with Crippen molar-refractivity contribution in [2.45, 2.75) is 6.54 Å². The summed E-state index contributed by atoms with van der Waals surface area (Å²) in [4.78, 5) is 0. The average molecular weight is 148 g/mol. The third-order valence-electron chi connectivity index (χ3n) is 1.46. The average Bonchev–Trinajstić information content (AvgIpc) is 2.07. The molecule has 0 heterocycles. The van der Waals surface area contributed by atoms with Crippen LogP contribution in [0.25, 0.3) is 0 Å². The van der Waals surface area contributed by atoms with Gasteiger partial charge in [0.05, 0.1) is 0 Å². The number of anilines is 1. The van der Waals surface area contributed by atoms with Crippen molar-refractivity contribution >= 4 is 5.69 Å². The molecule has 0 saturated heterocycles. The zero-order valence-electron chi connectivity index (χ0n) is 6.38. The fourth-order valence-corrected chi connectivity index (χ4v) is 0.855. The number of nitrogens with one attached hydrogen (secondary N) is 1. The molecule has 0 fully saturated rings. The van der Waals surface area contributed by atoms with Crippen molar-refractivity contribution in [2.75, 3.05) is 5.32 Å². The maximum absolute atomic E-state index is 5.43. The van der Waals surface area contributed by atoms with Crippen molar-refractivity contribution in [1.29, 1.82) is 0 Å². The van der Waals surface area contributed by atoms with E-state index < -0.39 is 0 Å². The number of nitrogens with two attached hydrogens (primary N) is 1. The Morgan fingerprint density at radius 1 is 1.36 bits per heavy atom. The molecule has 3 N–H and O–H groups in total. The van der Waals surface area contributed by atoms with Crippen LogP contribution in [0.1, 0.15) is 5.56 Å². The minimum atomic E-state index is 0.592. The van der Waals surface area contributed by atoms with Crippen molar-refractivity contribution in [2.24, 2.45) is 5.73 Å². The molecule has 0 aliphatic heterocycles. The second-order valence-electron chi connectivity index (χ2n) is 2.25. The van der Waals surface area contributed by atoms with Crippen LogP contribution < -0.4 is 11.1 Å². The van der Waals surface area contributed by atoms with Gasteiger partial charge in [0.25, 0.3) is 0 Å². The molecule has 0 atom stereocenters. The van der Waals surface area contributed by atoms with E-state index in [1.54, 1.807) is 6.20 Å². The quantitative estimate of drug-likeness (QED) is 0.684. The molecule has 2 nitrogen and oxygen atoms in total. The first-order valence-electron chi connectivity index (χ1n) is 3.53. The predicted octanol–water partition coefficient (Wildman–Crippen LogP) is 1.70. The minimum Gasteiger partial charge on any atom is -0.362 e. The molecule has 0 aliphatic carbocycles. The standard InChI is InChI=1S/C9H12N2/c1-2-11-9-5-3-8(7-10)4-6-9/h2-6,11H,1,7,10H2. The first-order valence-corrected chi connectivity index (χ1v) is 3.53. The third kappa shape index (κ3) is 2.09. The van der Waals surface area contributed by atoms with Crippen LogP contribution in [0.15, 0.2) is 37.0 Å². The molecule has 0 bridgehead atoms. The van der Waals surface area contributed by atoms with Crippen LogP contribution in [-0.2, 0) is 6.54 Å². The Morgan fingerprint density at radius 3 is 2.45 bits per heavy atom. The maximum atomic E-state index is 5.43. The van der Waals surface area contributed by atoms with Gasteiger partial charge in [-0.3, -0.25) is 0 Å². The third-order valence-corrected chi connectivity index (χ3v) is 1.46. The van der Waals surface area contributed by atoms with Crippen molar-refractivity contribution in [3.8, 4) is 0 Å². The Balaban J connectivity index is 2.74. The summed E-state index contributed by atoms with van der Waals surface area (Å²) in [5.41, 5.74) is 7.61. The molecule has 58 valence electrons. The molecule has 11 heavy (non-hydrogen) atoms. The normalized spacial score (nSPS) is 9.18. The van der Waals surface area contributed by atoms with E-state index in [0.29, 0.717) is 6.54 Å². The second-order valence-corrected chi connectivity index (χ2v) is 2.25. The Morgan fingerprint density at radius 2 is 2.00 bits per heavy atom. The number of rotatable bonds is 3. The van der Waals surface area contributed by atoms with Crippen molar-refractivity contribution in [3.05, 3.63) is 42.6 Å². The van der Waals surface area contributed by atoms with Gasteiger partial charge >= 0.3 is 0 Å². The lowest BCUT2D eigenvalue weighted by molar-refractivity contribution is 1.07. The molecule has 1 aromatic carbocycles. The van der Waals surface area contributed by atoms with Crippen LogP contribution in [0.5, 0.6) is 0 Å². The number of benzene rings is 1. The first-order chi connectivity index (χ1) is 5.36. The topological polar surface area (TPSA) is 38.0 Å². The molecule has 0 amide bonds. The zero-order chi connectivity index (χ0) is 8.10. The molecule has 1 rings (SSSR count). The first kappa shape index (κ1) is 7.82. The second kappa shape index (κ2) is 3.78. The summed E-state index contributed by atoms with van der Waals surface area (Å²) >= 11 is 0. The molecule has 0 saturated carbocycles. The molecule has 0 aliphatic rings. The van der Waals surface area contributed by atoms with Crippen molar-refractivity contribution < 1.29 is 0 Å². The Labute approximate surface area is 66.7 Å². The highest BCUT2D eigenvalue weighted by Gasteiger charge is 1.88. The summed E-state index contributed by atoms with van der Waals surface area (Å²) < 4.78 is 0. The fraction of sp³-hybridized carbons (Fsp3) is 0.111. The molecule has 0 spiro atoms. The molecule has 0 unspecified atom stereocenters. The highest BCUT2D eigenvalue weighted by atomic mass is 14.8. The highest BCUT2D eigenvalue weighted by Crippen LogP contribution is 2.08. The van der Waals surface area contributed by atoms with Gasteiger partial charge in [0.15, 0.2) is 0 Å². The predicted molar refractivity (Wildman–Crippen MR) is 48.2 cm³/mol. The molecular formula is C9H12N2. The van der Waals surface area contributed by atoms with Crippen LogP contribution >= 0.6 is 0 Å². The van der Waals surface area contributed by atoms with Gasteiger partial charge in [-0.1, -0.05) is 18.7 Å². The Bertz CT molecular complexity index is 226. The maximum Gasteiger partial charge on any atom is 0.0379 e. The summed E-state index contributed by atoms with van der Waals surface area (Å²) in [5, 5.41) is 2.98. The lowest BCUT2D eigenvalue weighted by Gasteiger charge is -2.00. The van der Waals surface area contributed by atoms with Gasteiger partial charge in [-0.05, 0) is 23.9 Å². The van der Waals surface area contributed by atoms with E-state index in [9.17, 15) is 0 Å². The largest absolute Gasteiger partial charge is 0.362 e. The van der Waals surface area contributed by atoms with Gasteiger partial charge in [0.1, 0.15) is 0 Å². The molecular weight excluding hydrogens is 136 g/mol. The monoisotopic (exact) mass is 148 g/mol. The van der Waals surface area contributed by atoms with Crippen LogP contribution in [0.3, 0.4) is 0 Å².